The third-order valence-electron chi connectivity index (χ3n) is 3.48. The van der Waals surface area contributed by atoms with Crippen molar-refractivity contribution in [2.75, 3.05) is 23.8 Å². The van der Waals surface area contributed by atoms with Gasteiger partial charge in [-0.05, 0) is 6.42 Å². The molecule has 0 spiro atoms. The molecule has 0 bridgehead atoms. The van der Waals surface area contributed by atoms with Crippen LogP contribution in [-0.2, 0) is 28.8 Å². The maximum Gasteiger partial charge on any atom is 0.322 e. The van der Waals surface area contributed by atoms with Crippen LogP contribution >= 0.6 is 24.4 Å². The lowest BCUT2D eigenvalue weighted by molar-refractivity contribution is -0.139. The number of carbonyl (C=O) groups excluding carboxylic acids is 2. The molecule has 17 heteroatoms. The summed E-state index contributed by atoms with van der Waals surface area (Å²) in [4.78, 5) is 64.2. The molecule has 12 N–H and O–H groups in total. The first kappa shape index (κ1) is 32.6. The Bertz CT molecular complexity index is 677. The first-order valence-corrected chi connectivity index (χ1v) is 10.9. The molecular formula is C16H29N5O10S2. The second kappa shape index (κ2) is 17.9. The highest BCUT2D eigenvalue weighted by Gasteiger charge is 2.21. The Morgan fingerprint density at radius 1 is 0.818 bits per heavy atom. The molecule has 190 valence electrons. The molecule has 0 aromatic carbocycles. The summed E-state index contributed by atoms with van der Waals surface area (Å²) in [7, 11) is 0. The van der Waals surface area contributed by atoms with Crippen LogP contribution in [0.5, 0.6) is 0 Å². The number of aliphatic carboxylic acids is 4. The molecular weight excluding hydrogens is 486 g/mol. The minimum Gasteiger partial charge on any atom is -0.480 e. The van der Waals surface area contributed by atoms with Crippen molar-refractivity contribution in [3.63, 3.8) is 0 Å². The van der Waals surface area contributed by atoms with E-state index in [-0.39, 0.29) is 30.1 Å². The third-order valence-corrected chi connectivity index (χ3v) is 5.03. The van der Waals surface area contributed by atoms with Gasteiger partial charge >= 0.3 is 23.9 Å². The number of hydrogen-bond acceptors (Lipinski definition) is 11. The van der Waals surface area contributed by atoms with Crippen molar-refractivity contribution >= 4 is 60.1 Å². The molecule has 0 radical (unpaired) electrons. The van der Waals surface area contributed by atoms with E-state index >= 15 is 0 Å². The van der Waals surface area contributed by atoms with Gasteiger partial charge in [-0.15, -0.1) is 0 Å². The lowest BCUT2D eigenvalue weighted by Crippen LogP contribution is -2.49. The van der Waals surface area contributed by atoms with E-state index < -0.39 is 66.4 Å². The van der Waals surface area contributed by atoms with Crippen molar-refractivity contribution in [3.05, 3.63) is 0 Å². The lowest BCUT2D eigenvalue weighted by atomic mass is 10.1. The van der Waals surface area contributed by atoms with Gasteiger partial charge in [-0.3, -0.25) is 28.8 Å². The van der Waals surface area contributed by atoms with Crippen molar-refractivity contribution in [1.29, 1.82) is 0 Å². The number of thiol groups is 1. The molecule has 0 aromatic heterocycles. The van der Waals surface area contributed by atoms with Crippen LogP contribution in [0.1, 0.15) is 12.8 Å². The summed E-state index contributed by atoms with van der Waals surface area (Å²) < 4.78 is 0. The molecule has 0 aliphatic carbocycles. The molecule has 0 aliphatic heterocycles. The molecule has 33 heavy (non-hydrogen) atoms. The summed E-state index contributed by atoms with van der Waals surface area (Å²) in [6, 6.07) is -4.08. The predicted molar refractivity (Wildman–Crippen MR) is 120 cm³/mol. The molecule has 0 saturated heterocycles. The molecule has 0 aliphatic rings. The van der Waals surface area contributed by atoms with Gasteiger partial charge in [-0.2, -0.15) is 24.4 Å². The van der Waals surface area contributed by atoms with Crippen LogP contribution in [0.3, 0.4) is 0 Å². The van der Waals surface area contributed by atoms with E-state index in [1.165, 1.54) is 0 Å². The topological polar surface area (TPSA) is 285 Å². The maximum atomic E-state index is 11.5. The summed E-state index contributed by atoms with van der Waals surface area (Å²) in [5.41, 5.74) is 15.6. The molecule has 0 fully saturated rings. The van der Waals surface area contributed by atoms with Crippen LogP contribution in [0.25, 0.3) is 0 Å². The standard InChI is InChI=1S/C10H17N3O6S.C6H12N2O4S/c11-5(10(18)19)1-2-7(14)13-6(4-20)9(17)12-3-8(15)16;7-3(5(9)10)1-13-2-4(8)6(11)12/h5-6,20H,1-4,11H2,(H,12,17)(H,13,14)(H,15,16)(H,18,19);3-4H,1-2,7-8H2,(H,9,10)(H,11,12)/t5-,6-;/m0./s1. The summed E-state index contributed by atoms with van der Waals surface area (Å²) in [5, 5.41) is 38.1. The van der Waals surface area contributed by atoms with Gasteiger partial charge in [-0.1, -0.05) is 0 Å². The van der Waals surface area contributed by atoms with Crippen LogP contribution in [0.2, 0.25) is 0 Å². The van der Waals surface area contributed by atoms with Gasteiger partial charge < -0.3 is 48.3 Å². The number of nitrogens with one attached hydrogen (secondary N) is 2. The predicted octanol–water partition coefficient (Wildman–Crippen LogP) is -3.66. The van der Waals surface area contributed by atoms with E-state index in [1.807, 2.05) is 0 Å². The zero-order chi connectivity index (χ0) is 26.1. The van der Waals surface area contributed by atoms with E-state index in [2.05, 4.69) is 23.3 Å². The van der Waals surface area contributed by atoms with E-state index in [1.54, 1.807) is 0 Å². The van der Waals surface area contributed by atoms with Gasteiger partial charge in [0.25, 0.3) is 0 Å². The third kappa shape index (κ3) is 17.6. The number of carboxylic acids is 4. The first-order chi connectivity index (χ1) is 15.2. The van der Waals surface area contributed by atoms with Crippen LogP contribution in [0.15, 0.2) is 0 Å². The van der Waals surface area contributed by atoms with Crippen molar-refractivity contribution in [2.24, 2.45) is 17.2 Å². The zero-order valence-corrected chi connectivity index (χ0v) is 19.1. The van der Waals surface area contributed by atoms with Crippen LogP contribution in [0, 0.1) is 0 Å². The molecule has 2 amide bonds. The highest BCUT2D eigenvalue weighted by atomic mass is 32.2. The molecule has 15 nitrogen and oxygen atoms in total. The number of rotatable bonds is 15. The number of carboxylic acid groups (broad SMARTS) is 4. The number of nitrogens with two attached hydrogens (primary N) is 3. The average Bonchev–Trinajstić information content (AvgIpc) is 2.73. The van der Waals surface area contributed by atoms with Crippen LogP contribution < -0.4 is 27.8 Å². The van der Waals surface area contributed by atoms with Gasteiger partial charge in [0.2, 0.25) is 11.8 Å². The Morgan fingerprint density at radius 3 is 1.64 bits per heavy atom. The summed E-state index contributed by atoms with van der Waals surface area (Å²) in [6.07, 6.45) is -0.235. The van der Waals surface area contributed by atoms with Crippen LogP contribution in [0.4, 0.5) is 0 Å². The summed E-state index contributed by atoms with van der Waals surface area (Å²) in [6.45, 7) is -0.567. The zero-order valence-electron chi connectivity index (χ0n) is 17.4. The van der Waals surface area contributed by atoms with E-state index in [0.29, 0.717) is 0 Å². The largest absolute Gasteiger partial charge is 0.480 e. The van der Waals surface area contributed by atoms with Crippen molar-refractivity contribution in [1.82, 2.24) is 10.6 Å². The fraction of sp³-hybridized carbons (Fsp3) is 0.625. The minimum atomic E-state index is -1.22. The quantitative estimate of drug-likeness (QED) is 0.0940. The smallest absolute Gasteiger partial charge is 0.322 e. The van der Waals surface area contributed by atoms with Crippen molar-refractivity contribution in [3.8, 4) is 0 Å². The van der Waals surface area contributed by atoms with E-state index in [9.17, 15) is 28.8 Å². The van der Waals surface area contributed by atoms with Gasteiger partial charge in [0.05, 0.1) is 0 Å². The molecule has 0 rings (SSSR count). The van der Waals surface area contributed by atoms with E-state index in [0.717, 1.165) is 11.8 Å². The number of thioether (sulfide) groups is 1. The normalized spacial score (nSPS) is 13.8. The van der Waals surface area contributed by atoms with Gasteiger partial charge in [-0.25, -0.2) is 0 Å². The SMILES string of the molecule is NC(CSCC(N)C(=O)O)C(=O)O.N[C@@H](CCC(=O)N[C@@H](CS)C(=O)NCC(=O)O)C(=O)O. The fourth-order valence-corrected chi connectivity index (χ4v) is 2.81. The Hall–Kier alpha value is -2.60. The van der Waals surface area contributed by atoms with Crippen molar-refractivity contribution < 1.29 is 49.2 Å². The lowest BCUT2D eigenvalue weighted by Gasteiger charge is -2.16. The minimum absolute atomic E-state index is 0.0256. The molecule has 0 saturated carbocycles. The second-order valence-electron chi connectivity index (χ2n) is 6.32. The molecule has 0 heterocycles. The maximum absolute atomic E-state index is 11.5. The first-order valence-electron chi connectivity index (χ1n) is 9.15. The average molecular weight is 516 g/mol. The number of hydrogen-bond donors (Lipinski definition) is 10. The van der Waals surface area contributed by atoms with E-state index in [4.69, 9.17) is 37.6 Å². The highest BCUT2D eigenvalue weighted by molar-refractivity contribution is 7.99. The molecule has 4 atom stereocenters. The van der Waals surface area contributed by atoms with Gasteiger partial charge in [0.1, 0.15) is 30.7 Å². The Kier molecular flexibility index (Phi) is 17.7. The molecule has 2 unspecified atom stereocenters. The van der Waals surface area contributed by atoms with Crippen LogP contribution in [-0.4, -0.2) is 104 Å². The molecule has 0 aromatic rings. The number of carbonyl (C=O) groups is 6. The summed E-state index contributed by atoms with van der Waals surface area (Å²) in [5.74, 6) is -5.58. The summed E-state index contributed by atoms with van der Waals surface area (Å²) >= 11 is 4.99. The number of amides is 2. The van der Waals surface area contributed by atoms with Gasteiger partial charge in [0.15, 0.2) is 0 Å². The monoisotopic (exact) mass is 515 g/mol. The van der Waals surface area contributed by atoms with Crippen molar-refractivity contribution in [2.45, 2.75) is 37.0 Å². The highest BCUT2D eigenvalue weighted by Crippen LogP contribution is 2.03. The Labute approximate surface area is 198 Å². The Balaban J connectivity index is 0. The fourth-order valence-electron chi connectivity index (χ4n) is 1.62. The Morgan fingerprint density at radius 2 is 1.27 bits per heavy atom. The van der Waals surface area contributed by atoms with Gasteiger partial charge in [0, 0.05) is 23.7 Å². The second-order valence-corrected chi connectivity index (χ2v) is 7.76.